The molecule has 0 unspecified atom stereocenters. The van der Waals surface area contributed by atoms with Crippen LogP contribution in [0.1, 0.15) is 23.6 Å². The maximum Gasteiger partial charge on any atom is 0.335 e. The van der Waals surface area contributed by atoms with Crippen LogP contribution in [0.4, 0.5) is 10.5 Å². The average Bonchev–Trinajstić information content (AvgIpc) is 2.88. The molecule has 4 rings (SSSR count). The van der Waals surface area contributed by atoms with E-state index >= 15 is 0 Å². The molecule has 3 aromatic rings. The molecule has 1 heterocycles. The summed E-state index contributed by atoms with van der Waals surface area (Å²) in [6.45, 7) is 6.56. The van der Waals surface area contributed by atoms with Gasteiger partial charge in [-0.25, -0.2) is 9.69 Å². The molecule has 8 nitrogen and oxygen atoms in total. The van der Waals surface area contributed by atoms with Gasteiger partial charge in [0.2, 0.25) is 0 Å². The number of carbonyl (C=O) groups is 3. The van der Waals surface area contributed by atoms with E-state index in [0.717, 1.165) is 21.8 Å². The van der Waals surface area contributed by atoms with E-state index in [9.17, 15) is 14.4 Å². The number of rotatable bonds is 9. The standard InChI is InChI=1S/C29H26Cl2N2O6/c1-4-37-24-16-19(15-23(31)26(24)39-13-12-38-25-17(2)6-5-7-18(25)3)14-22-27(34)32-29(36)33(28(22)35)21-10-8-20(30)9-11-21/h5-11,14-16H,4,12-13H2,1-3H3,(H,32,34,36)/b22-14-. The first-order valence-electron chi connectivity index (χ1n) is 12.1. The molecule has 0 radical (unpaired) electrons. The smallest absolute Gasteiger partial charge is 0.335 e. The van der Waals surface area contributed by atoms with Gasteiger partial charge in [0.25, 0.3) is 11.8 Å². The predicted molar refractivity (Wildman–Crippen MR) is 150 cm³/mol. The third kappa shape index (κ3) is 6.35. The fourth-order valence-corrected chi connectivity index (χ4v) is 4.44. The van der Waals surface area contributed by atoms with Crippen LogP contribution in [0, 0.1) is 13.8 Å². The number of ether oxygens (including phenoxy) is 3. The molecule has 4 amide bonds. The molecule has 0 saturated carbocycles. The van der Waals surface area contributed by atoms with Crippen molar-refractivity contribution in [3.8, 4) is 17.2 Å². The first kappa shape index (κ1) is 28.0. The number of urea groups is 1. The quantitative estimate of drug-likeness (QED) is 0.189. The third-order valence-corrected chi connectivity index (χ3v) is 6.35. The van der Waals surface area contributed by atoms with Crippen LogP contribution in [0.5, 0.6) is 17.2 Å². The number of nitrogens with zero attached hydrogens (tertiary/aromatic N) is 1. The maximum absolute atomic E-state index is 13.2. The number of aryl methyl sites for hydroxylation is 2. The van der Waals surface area contributed by atoms with Crippen LogP contribution >= 0.6 is 23.2 Å². The van der Waals surface area contributed by atoms with Crippen LogP contribution in [0.3, 0.4) is 0 Å². The third-order valence-electron chi connectivity index (χ3n) is 5.81. The van der Waals surface area contributed by atoms with Crippen LogP contribution < -0.4 is 24.4 Å². The summed E-state index contributed by atoms with van der Waals surface area (Å²) in [6, 6.07) is 14.3. The van der Waals surface area contributed by atoms with Gasteiger partial charge < -0.3 is 14.2 Å². The molecular formula is C29H26Cl2N2O6. The van der Waals surface area contributed by atoms with Crippen molar-refractivity contribution in [3.63, 3.8) is 0 Å². The lowest BCUT2D eigenvalue weighted by Gasteiger charge is -2.26. The Balaban J connectivity index is 1.55. The van der Waals surface area contributed by atoms with E-state index in [-0.39, 0.29) is 29.5 Å². The Kier molecular flexibility index (Phi) is 8.79. The zero-order chi connectivity index (χ0) is 28.1. The molecule has 39 heavy (non-hydrogen) atoms. The monoisotopic (exact) mass is 568 g/mol. The molecule has 1 aliphatic heterocycles. The van der Waals surface area contributed by atoms with Crippen molar-refractivity contribution in [1.29, 1.82) is 0 Å². The summed E-state index contributed by atoms with van der Waals surface area (Å²) < 4.78 is 17.5. The first-order valence-corrected chi connectivity index (χ1v) is 12.9. The van der Waals surface area contributed by atoms with Gasteiger partial charge in [0.1, 0.15) is 24.5 Å². The number of barbiturate groups is 1. The van der Waals surface area contributed by atoms with Crippen molar-refractivity contribution in [2.75, 3.05) is 24.7 Å². The number of hydrogen-bond donors (Lipinski definition) is 1. The Hall–Kier alpha value is -4.01. The lowest BCUT2D eigenvalue weighted by molar-refractivity contribution is -0.122. The summed E-state index contributed by atoms with van der Waals surface area (Å²) >= 11 is 12.5. The highest BCUT2D eigenvalue weighted by atomic mass is 35.5. The summed E-state index contributed by atoms with van der Waals surface area (Å²) in [5.41, 5.74) is 2.47. The average molecular weight is 569 g/mol. The van der Waals surface area contributed by atoms with Gasteiger partial charge in [-0.1, -0.05) is 41.4 Å². The van der Waals surface area contributed by atoms with Gasteiger partial charge in [0.15, 0.2) is 11.5 Å². The number of amides is 4. The number of nitrogens with one attached hydrogen (secondary N) is 1. The van der Waals surface area contributed by atoms with Crippen molar-refractivity contribution < 1.29 is 28.6 Å². The second-order valence-corrected chi connectivity index (χ2v) is 9.46. The number of carbonyl (C=O) groups excluding carboxylic acids is 3. The number of hydrogen-bond acceptors (Lipinski definition) is 6. The van der Waals surface area contributed by atoms with Crippen molar-refractivity contribution in [3.05, 3.63) is 86.9 Å². The number of halogens is 2. The van der Waals surface area contributed by atoms with Gasteiger partial charge in [0, 0.05) is 5.02 Å². The van der Waals surface area contributed by atoms with E-state index in [4.69, 9.17) is 37.4 Å². The summed E-state index contributed by atoms with van der Waals surface area (Å²) in [6.07, 6.45) is 1.34. The zero-order valence-electron chi connectivity index (χ0n) is 21.5. The van der Waals surface area contributed by atoms with Crippen LogP contribution in [0.25, 0.3) is 6.08 Å². The normalized spacial score (nSPS) is 14.4. The van der Waals surface area contributed by atoms with Crippen molar-refractivity contribution in [1.82, 2.24) is 5.32 Å². The highest BCUT2D eigenvalue weighted by molar-refractivity contribution is 6.39. The van der Waals surface area contributed by atoms with E-state index in [1.165, 1.54) is 30.3 Å². The zero-order valence-corrected chi connectivity index (χ0v) is 23.1. The fraction of sp³-hybridized carbons (Fsp3) is 0.207. The van der Waals surface area contributed by atoms with Gasteiger partial charge in [-0.2, -0.15) is 0 Å². The molecule has 0 spiro atoms. The molecule has 0 aliphatic carbocycles. The number of imide groups is 2. The second kappa shape index (κ2) is 12.2. The molecule has 202 valence electrons. The van der Waals surface area contributed by atoms with Gasteiger partial charge in [-0.3, -0.25) is 14.9 Å². The van der Waals surface area contributed by atoms with Gasteiger partial charge in [-0.15, -0.1) is 0 Å². The Labute approximate surface area is 236 Å². The van der Waals surface area contributed by atoms with Crippen LogP contribution in [-0.2, 0) is 9.59 Å². The Morgan fingerprint density at radius 2 is 1.51 bits per heavy atom. The molecule has 0 aromatic heterocycles. The molecule has 0 atom stereocenters. The van der Waals surface area contributed by atoms with Gasteiger partial charge >= 0.3 is 6.03 Å². The summed E-state index contributed by atoms with van der Waals surface area (Å²) in [5, 5.41) is 2.84. The lowest BCUT2D eigenvalue weighted by Crippen LogP contribution is -2.54. The topological polar surface area (TPSA) is 94.2 Å². The Morgan fingerprint density at radius 3 is 2.15 bits per heavy atom. The minimum absolute atomic E-state index is 0.201. The number of para-hydroxylation sites is 1. The van der Waals surface area contributed by atoms with Crippen molar-refractivity contribution >= 4 is 52.8 Å². The summed E-state index contributed by atoms with van der Waals surface area (Å²) in [4.78, 5) is 39.1. The van der Waals surface area contributed by atoms with Crippen LogP contribution in [0.2, 0.25) is 10.0 Å². The van der Waals surface area contributed by atoms with Crippen LogP contribution in [-0.4, -0.2) is 37.7 Å². The minimum atomic E-state index is -0.857. The molecule has 3 aromatic carbocycles. The molecule has 1 fully saturated rings. The largest absolute Gasteiger partial charge is 0.490 e. The Bertz CT molecular complexity index is 1430. The van der Waals surface area contributed by atoms with E-state index in [2.05, 4.69) is 5.32 Å². The summed E-state index contributed by atoms with van der Waals surface area (Å²) in [7, 11) is 0. The van der Waals surface area contributed by atoms with E-state index in [0.29, 0.717) is 28.7 Å². The first-order chi connectivity index (χ1) is 18.7. The molecule has 1 aliphatic rings. The van der Waals surface area contributed by atoms with Crippen molar-refractivity contribution in [2.45, 2.75) is 20.8 Å². The SMILES string of the molecule is CCOc1cc(/C=C2/C(=O)NC(=O)N(c3ccc(Cl)cc3)C2=O)cc(Cl)c1OCCOc1c(C)cccc1C. The highest BCUT2D eigenvalue weighted by Crippen LogP contribution is 2.38. The predicted octanol–water partition coefficient (Wildman–Crippen LogP) is 6.13. The van der Waals surface area contributed by atoms with Crippen LogP contribution in [0.15, 0.2) is 60.2 Å². The highest BCUT2D eigenvalue weighted by Gasteiger charge is 2.36. The van der Waals surface area contributed by atoms with Crippen molar-refractivity contribution in [2.24, 2.45) is 0 Å². The lowest BCUT2D eigenvalue weighted by atomic mass is 10.1. The molecule has 0 bridgehead atoms. The molecule has 1 saturated heterocycles. The molecule has 1 N–H and O–H groups in total. The fourth-order valence-electron chi connectivity index (χ4n) is 4.04. The molecular weight excluding hydrogens is 543 g/mol. The van der Waals surface area contributed by atoms with Gasteiger partial charge in [-0.05, 0) is 79.9 Å². The second-order valence-electron chi connectivity index (χ2n) is 8.62. The summed E-state index contributed by atoms with van der Waals surface area (Å²) in [5.74, 6) is -0.167. The van der Waals surface area contributed by atoms with E-state index in [1.54, 1.807) is 19.1 Å². The number of anilines is 1. The van der Waals surface area contributed by atoms with E-state index < -0.39 is 17.8 Å². The van der Waals surface area contributed by atoms with E-state index in [1.807, 2.05) is 32.0 Å². The number of benzene rings is 3. The molecule has 10 heteroatoms. The maximum atomic E-state index is 13.2. The minimum Gasteiger partial charge on any atom is -0.490 e. The van der Waals surface area contributed by atoms with Gasteiger partial charge in [0.05, 0.1) is 17.3 Å². The Morgan fingerprint density at radius 1 is 0.872 bits per heavy atom.